The van der Waals surface area contributed by atoms with E-state index >= 15 is 0 Å². The molecule has 0 aliphatic carbocycles. The number of nitrogens with one attached hydrogen (secondary N) is 1. The van der Waals surface area contributed by atoms with Crippen molar-refractivity contribution in [2.24, 2.45) is 0 Å². The molecule has 1 fully saturated rings. The van der Waals surface area contributed by atoms with Gasteiger partial charge in [-0.1, -0.05) is 18.9 Å². The van der Waals surface area contributed by atoms with Gasteiger partial charge in [0.05, 0.1) is 7.11 Å². The van der Waals surface area contributed by atoms with Gasteiger partial charge in [0.25, 0.3) is 11.8 Å². The van der Waals surface area contributed by atoms with Crippen LogP contribution in [0.2, 0.25) is 0 Å². The van der Waals surface area contributed by atoms with Crippen LogP contribution >= 0.6 is 0 Å². The Labute approximate surface area is 171 Å². The number of ether oxygens (including phenoxy) is 2. The van der Waals surface area contributed by atoms with Gasteiger partial charge in [0.15, 0.2) is 6.10 Å². The number of benzene rings is 2. The lowest BCUT2D eigenvalue weighted by molar-refractivity contribution is -0.122. The van der Waals surface area contributed by atoms with Gasteiger partial charge in [-0.3, -0.25) is 9.59 Å². The third kappa shape index (κ3) is 5.73. The zero-order chi connectivity index (χ0) is 20.6. The molecule has 154 valence electrons. The van der Waals surface area contributed by atoms with Crippen LogP contribution in [0.1, 0.15) is 43.0 Å². The molecule has 0 aromatic heterocycles. The molecular formula is C23H28N2O4. The van der Waals surface area contributed by atoms with Crippen molar-refractivity contribution >= 4 is 17.5 Å². The number of hydrogen-bond acceptors (Lipinski definition) is 4. The van der Waals surface area contributed by atoms with E-state index in [-0.39, 0.29) is 11.8 Å². The van der Waals surface area contributed by atoms with Crippen LogP contribution in [0.4, 0.5) is 5.69 Å². The van der Waals surface area contributed by atoms with Gasteiger partial charge in [-0.25, -0.2) is 0 Å². The molecule has 2 aromatic carbocycles. The van der Waals surface area contributed by atoms with Crippen molar-refractivity contribution < 1.29 is 19.1 Å². The second-order valence-electron chi connectivity index (χ2n) is 7.21. The van der Waals surface area contributed by atoms with Crippen molar-refractivity contribution in [2.75, 3.05) is 25.5 Å². The summed E-state index contributed by atoms with van der Waals surface area (Å²) in [6.45, 7) is 3.27. The second-order valence-corrected chi connectivity index (χ2v) is 7.21. The molecule has 0 saturated carbocycles. The van der Waals surface area contributed by atoms with E-state index in [1.807, 2.05) is 4.90 Å². The summed E-state index contributed by atoms with van der Waals surface area (Å²) >= 11 is 0. The second kappa shape index (κ2) is 9.96. The Balaban J connectivity index is 1.60. The molecule has 1 saturated heterocycles. The van der Waals surface area contributed by atoms with Crippen LogP contribution in [0.5, 0.6) is 11.5 Å². The fraction of sp³-hybridized carbons (Fsp3) is 0.391. The molecule has 1 atom stereocenters. The van der Waals surface area contributed by atoms with E-state index in [9.17, 15) is 9.59 Å². The van der Waals surface area contributed by atoms with Crippen LogP contribution in [0, 0.1) is 0 Å². The number of hydrogen-bond donors (Lipinski definition) is 1. The average Bonchev–Trinajstić information content (AvgIpc) is 3.03. The van der Waals surface area contributed by atoms with Crippen LogP contribution in [-0.2, 0) is 4.79 Å². The summed E-state index contributed by atoms with van der Waals surface area (Å²) in [5.74, 6) is 1.05. The van der Waals surface area contributed by atoms with E-state index in [2.05, 4.69) is 5.32 Å². The minimum absolute atomic E-state index is 0.0190. The van der Waals surface area contributed by atoms with E-state index in [0.29, 0.717) is 17.0 Å². The molecule has 2 aromatic rings. The molecule has 1 N–H and O–H groups in total. The van der Waals surface area contributed by atoms with Crippen molar-refractivity contribution in [3.63, 3.8) is 0 Å². The monoisotopic (exact) mass is 396 g/mol. The molecule has 0 radical (unpaired) electrons. The van der Waals surface area contributed by atoms with Crippen molar-refractivity contribution in [3.05, 3.63) is 54.1 Å². The minimum atomic E-state index is -0.687. The summed E-state index contributed by atoms with van der Waals surface area (Å²) in [4.78, 5) is 27.2. The molecule has 1 heterocycles. The number of amides is 2. The molecule has 1 aliphatic heterocycles. The summed E-state index contributed by atoms with van der Waals surface area (Å²) in [5.41, 5.74) is 1.18. The molecule has 0 spiro atoms. The quantitative estimate of drug-likeness (QED) is 0.798. The normalized spacial score (nSPS) is 15.2. The largest absolute Gasteiger partial charge is 0.497 e. The lowest BCUT2D eigenvalue weighted by atomic mass is 10.1. The van der Waals surface area contributed by atoms with Gasteiger partial charge in [0, 0.05) is 24.3 Å². The number of methoxy groups -OCH3 is 1. The number of carbonyl (C=O) groups excluding carboxylic acids is 2. The Morgan fingerprint density at radius 1 is 0.966 bits per heavy atom. The summed E-state index contributed by atoms with van der Waals surface area (Å²) in [7, 11) is 1.59. The summed E-state index contributed by atoms with van der Waals surface area (Å²) in [6, 6.07) is 14.1. The highest BCUT2D eigenvalue weighted by molar-refractivity contribution is 5.98. The maximum Gasteiger partial charge on any atom is 0.265 e. The number of anilines is 1. The average molecular weight is 396 g/mol. The third-order valence-corrected chi connectivity index (χ3v) is 5.01. The first-order chi connectivity index (χ1) is 14.1. The van der Waals surface area contributed by atoms with E-state index in [1.165, 1.54) is 12.8 Å². The van der Waals surface area contributed by atoms with Gasteiger partial charge in [0.1, 0.15) is 11.5 Å². The van der Waals surface area contributed by atoms with Gasteiger partial charge in [-0.2, -0.15) is 0 Å². The van der Waals surface area contributed by atoms with Gasteiger partial charge in [-0.05, 0) is 62.2 Å². The standard InChI is InChI=1S/C23H28N2O4/c1-17(29-21-12-10-20(28-2)11-13-21)22(26)24-19-9-7-8-18(16-19)23(27)25-14-5-3-4-6-15-25/h7-13,16-17H,3-6,14-15H2,1-2H3,(H,24,26). The van der Waals surface area contributed by atoms with Crippen LogP contribution in [0.25, 0.3) is 0 Å². The van der Waals surface area contributed by atoms with Gasteiger partial charge < -0.3 is 19.7 Å². The smallest absolute Gasteiger partial charge is 0.265 e. The highest BCUT2D eigenvalue weighted by atomic mass is 16.5. The molecule has 1 unspecified atom stereocenters. The summed E-state index contributed by atoms with van der Waals surface area (Å²) < 4.78 is 10.8. The molecule has 0 bridgehead atoms. The van der Waals surface area contributed by atoms with Crippen molar-refractivity contribution in [3.8, 4) is 11.5 Å². The van der Waals surface area contributed by atoms with Gasteiger partial charge in [-0.15, -0.1) is 0 Å². The summed E-state index contributed by atoms with van der Waals surface area (Å²) in [5, 5.41) is 2.84. The van der Waals surface area contributed by atoms with E-state index in [0.717, 1.165) is 31.7 Å². The lowest BCUT2D eigenvalue weighted by Crippen LogP contribution is -2.32. The molecule has 6 nitrogen and oxygen atoms in total. The first kappa shape index (κ1) is 20.7. The molecule has 1 aliphatic rings. The van der Waals surface area contributed by atoms with E-state index in [1.54, 1.807) is 62.6 Å². The van der Waals surface area contributed by atoms with Crippen molar-refractivity contribution in [2.45, 2.75) is 38.7 Å². The number of rotatable bonds is 6. The van der Waals surface area contributed by atoms with Crippen molar-refractivity contribution in [1.29, 1.82) is 0 Å². The highest BCUT2D eigenvalue weighted by Crippen LogP contribution is 2.20. The Morgan fingerprint density at radius 2 is 1.62 bits per heavy atom. The maximum atomic E-state index is 12.8. The predicted molar refractivity (Wildman–Crippen MR) is 113 cm³/mol. The minimum Gasteiger partial charge on any atom is -0.497 e. The Bertz CT molecular complexity index is 827. The van der Waals surface area contributed by atoms with Crippen LogP contribution in [-0.4, -0.2) is 43.0 Å². The fourth-order valence-electron chi connectivity index (χ4n) is 3.34. The predicted octanol–water partition coefficient (Wildman–Crippen LogP) is 4.12. The first-order valence-corrected chi connectivity index (χ1v) is 10.1. The highest BCUT2D eigenvalue weighted by Gasteiger charge is 2.19. The number of carbonyl (C=O) groups is 2. The number of nitrogens with zero attached hydrogens (tertiary/aromatic N) is 1. The summed E-state index contributed by atoms with van der Waals surface area (Å²) in [6.07, 6.45) is 3.75. The molecule has 29 heavy (non-hydrogen) atoms. The Morgan fingerprint density at radius 3 is 2.28 bits per heavy atom. The lowest BCUT2D eigenvalue weighted by Gasteiger charge is -2.21. The maximum absolute atomic E-state index is 12.8. The Kier molecular flexibility index (Phi) is 7.11. The Hall–Kier alpha value is -3.02. The zero-order valence-corrected chi connectivity index (χ0v) is 17.0. The van der Waals surface area contributed by atoms with Crippen LogP contribution in [0.15, 0.2) is 48.5 Å². The van der Waals surface area contributed by atoms with Gasteiger partial charge >= 0.3 is 0 Å². The van der Waals surface area contributed by atoms with Crippen molar-refractivity contribution in [1.82, 2.24) is 4.90 Å². The SMILES string of the molecule is COc1ccc(OC(C)C(=O)Nc2cccc(C(=O)N3CCCCCC3)c2)cc1. The van der Waals surface area contributed by atoms with Crippen LogP contribution in [0.3, 0.4) is 0 Å². The van der Waals surface area contributed by atoms with E-state index in [4.69, 9.17) is 9.47 Å². The number of likely N-dealkylation sites (tertiary alicyclic amines) is 1. The molecule has 2 amide bonds. The molecular weight excluding hydrogens is 368 g/mol. The fourth-order valence-corrected chi connectivity index (χ4v) is 3.34. The third-order valence-electron chi connectivity index (χ3n) is 5.01. The zero-order valence-electron chi connectivity index (χ0n) is 17.0. The molecule has 6 heteroatoms. The topological polar surface area (TPSA) is 67.9 Å². The van der Waals surface area contributed by atoms with E-state index < -0.39 is 6.10 Å². The van der Waals surface area contributed by atoms with Gasteiger partial charge in [0.2, 0.25) is 0 Å². The van der Waals surface area contributed by atoms with Crippen LogP contribution < -0.4 is 14.8 Å². The molecule has 3 rings (SSSR count). The first-order valence-electron chi connectivity index (χ1n) is 10.1.